The lowest BCUT2D eigenvalue weighted by atomic mass is 10.4. The minimum Gasteiger partial charge on any atom is -0.381 e. The number of sulfonamides is 1. The molecule has 0 aromatic carbocycles. The lowest BCUT2D eigenvalue weighted by Gasteiger charge is -2.07. The molecule has 0 bridgehead atoms. The first kappa shape index (κ1) is 15.4. The summed E-state index contributed by atoms with van der Waals surface area (Å²) in [5.74, 6) is 0. The molecule has 0 amide bonds. The molecule has 7 heteroatoms. The summed E-state index contributed by atoms with van der Waals surface area (Å²) in [5, 5.41) is 0.157. The lowest BCUT2D eigenvalue weighted by molar-refractivity contribution is 0.133. The summed E-state index contributed by atoms with van der Waals surface area (Å²) in [6.07, 6.45) is 2.96. The first-order valence-corrected chi connectivity index (χ1v) is 7.61. The van der Waals surface area contributed by atoms with Gasteiger partial charge in [-0.3, -0.25) is 0 Å². The summed E-state index contributed by atoms with van der Waals surface area (Å²) in [6.45, 7) is 3.61. The van der Waals surface area contributed by atoms with E-state index in [0.29, 0.717) is 26.2 Å². The van der Waals surface area contributed by atoms with Gasteiger partial charge < -0.3 is 4.74 Å². The van der Waals surface area contributed by atoms with Gasteiger partial charge in [0.25, 0.3) is 0 Å². The van der Waals surface area contributed by atoms with Crippen LogP contribution in [-0.4, -0.2) is 33.2 Å². The van der Waals surface area contributed by atoms with Gasteiger partial charge in [0.05, 0.1) is 4.90 Å². The van der Waals surface area contributed by atoms with Crippen molar-refractivity contribution >= 4 is 21.6 Å². The van der Waals surface area contributed by atoms with Crippen LogP contribution in [-0.2, 0) is 14.8 Å². The minimum absolute atomic E-state index is 0.122. The van der Waals surface area contributed by atoms with Crippen LogP contribution in [0.4, 0.5) is 0 Å². The second-order valence-corrected chi connectivity index (χ2v) is 5.83. The minimum atomic E-state index is -3.51. The normalized spacial score (nSPS) is 11.7. The summed E-state index contributed by atoms with van der Waals surface area (Å²) in [6, 6.07) is 2.72. The third-order valence-electron chi connectivity index (χ3n) is 2.11. The van der Waals surface area contributed by atoms with E-state index in [1.807, 2.05) is 6.92 Å². The van der Waals surface area contributed by atoms with Crippen molar-refractivity contribution < 1.29 is 13.2 Å². The molecule has 0 saturated heterocycles. The van der Waals surface area contributed by atoms with Gasteiger partial charge in [-0.05, 0) is 25.0 Å². The number of halogens is 1. The fourth-order valence-corrected chi connectivity index (χ4v) is 2.59. The van der Waals surface area contributed by atoms with E-state index in [1.165, 1.54) is 18.3 Å². The number of nitrogens with zero attached hydrogens (tertiary/aromatic N) is 1. The van der Waals surface area contributed by atoms with E-state index >= 15 is 0 Å². The fraction of sp³-hybridized carbons (Fsp3) is 0.545. The molecule has 0 saturated carbocycles. The van der Waals surface area contributed by atoms with Crippen LogP contribution in [0.25, 0.3) is 0 Å². The van der Waals surface area contributed by atoms with Gasteiger partial charge in [0.2, 0.25) is 10.0 Å². The Kier molecular flexibility index (Phi) is 6.56. The second kappa shape index (κ2) is 7.68. The largest absolute Gasteiger partial charge is 0.381 e. The average molecular weight is 293 g/mol. The number of ether oxygens (including phenoxy) is 1. The lowest BCUT2D eigenvalue weighted by Crippen LogP contribution is -2.25. The number of hydrogen-bond donors (Lipinski definition) is 1. The van der Waals surface area contributed by atoms with Gasteiger partial charge in [-0.15, -0.1) is 0 Å². The summed E-state index contributed by atoms with van der Waals surface area (Å²) in [5.41, 5.74) is 0. The third-order valence-corrected chi connectivity index (χ3v) is 3.78. The van der Waals surface area contributed by atoms with Crippen molar-refractivity contribution in [2.45, 2.75) is 24.7 Å². The summed E-state index contributed by atoms with van der Waals surface area (Å²) < 4.78 is 31.4. The fourth-order valence-electron chi connectivity index (χ4n) is 1.26. The Labute approximate surface area is 113 Å². The van der Waals surface area contributed by atoms with Crippen molar-refractivity contribution in [2.75, 3.05) is 19.8 Å². The number of nitrogens with one attached hydrogen (secondary N) is 1. The first-order valence-electron chi connectivity index (χ1n) is 5.75. The Morgan fingerprint density at radius 2 is 2.22 bits per heavy atom. The van der Waals surface area contributed by atoms with Crippen molar-refractivity contribution in [3.8, 4) is 0 Å². The Hall–Kier alpha value is -0.690. The van der Waals surface area contributed by atoms with Crippen LogP contribution in [0.15, 0.2) is 23.2 Å². The average Bonchev–Trinajstić information content (AvgIpc) is 2.33. The van der Waals surface area contributed by atoms with Crippen LogP contribution in [0.2, 0.25) is 5.15 Å². The molecule has 102 valence electrons. The van der Waals surface area contributed by atoms with Crippen molar-refractivity contribution in [3.05, 3.63) is 23.5 Å². The Balaban J connectivity index is 2.41. The highest BCUT2D eigenvalue weighted by Gasteiger charge is 2.13. The molecule has 0 aliphatic carbocycles. The number of aromatic nitrogens is 1. The molecule has 0 aliphatic heterocycles. The molecule has 1 aromatic heterocycles. The van der Waals surface area contributed by atoms with E-state index in [-0.39, 0.29) is 10.0 Å². The maximum Gasteiger partial charge on any atom is 0.240 e. The number of hydrogen-bond acceptors (Lipinski definition) is 4. The highest BCUT2D eigenvalue weighted by Crippen LogP contribution is 2.12. The predicted molar refractivity (Wildman–Crippen MR) is 70.2 cm³/mol. The van der Waals surface area contributed by atoms with E-state index < -0.39 is 10.0 Å². The molecular formula is C11H17ClN2O3S. The van der Waals surface area contributed by atoms with Crippen LogP contribution in [0, 0.1) is 0 Å². The van der Waals surface area contributed by atoms with Crippen LogP contribution in [0.3, 0.4) is 0 Å². The van der Waals surface area contributed by atoms with Gasteiger partial charge in [-0.1, -0.05) is 18.5 Å². The van der Waals surface area contributed by atoms with Gasteiger partial charge in [0.1, 0.15) is 5.15 Å². The topological polar surface area (TPSA) is 68.3 Å². The number of pyridine rings is 1. The van der Waals surface area contributed by atoms with Crippen LogP contribution in [0.5, 0.6) is 0 Å². The first-order chi connectivity index (χ1) is 8.56. The van der Waals surface area contributed by atoms with E-state index in [0.717, 1.165) is 6.42 Å². The molecule has 0 fully saturated rings. The Bertz CT molecular complexity index is 465. The third kappa shape index (κ3) is 5.30. The summed E-state index contributed by atoms with van der Waals surface area (Å²) in [7, 11) is -3.51. The van der Waals surface area contributed by atoms with E-state index in [2.05, 4.69) is 9.71 Å². The van der Waals surface area contributed by atoms with Crippen molar-refractivity contribution in [1.82, 2.24) is 9.71 Å². The molecule has 0 aliphatic rings. The van der Waals surface area contributed by atoms with Gasteiger partial charge in [-0.25, -0.2) is 18.1 Å². The van der Waals surface area contributed by atoms with E-state index in [9.17, 15) is 8.42 Å². The zero-order chi connectivity index (χ0) is 13.4. The molecule has 0 unspecified atom stereocenters. The molecule has 0 atom stereocenters. The molecular weight excluding hydrogens is 276 g/mol. The Morgan fingerprint density at radius 1 is 1.44 bits per heavy atom. The second-order valence-electron chi connectivity index (χ2n) is 3.68. The molecule has 1 aromatic rings. The summed E-state index contributed by atoms with van der Waals surface area (Å²) >= 11 is 5.65. The Morgan fingerprint density at radius 3 is 2.89 bits per heavy atom. The molecule has 1 N–H and O–H groups in total. The smallest absolute Gasteiger partial charge is 0.240 e. The quantitative estimate of drug-likeness (QED) is 0.586. The van der Waals surface area contributed by atoms with E-state index in [1.54, 1.807) is 0 Å². The molecule has 1 rings (SSSR count). The molecule has 5 nitrogen and oxygen atoms in total. The highest BCUT2D eigenvalue weighted by atomic mass is 35.5. The van der Waals surface area contributed by atoms with Gasteiger partial charge in [0, 0.05) is 26.0 Å². The monoisotopic (exact) mass is 292 g/mol. The zero-order valence-electron chi connectivity index (χ0n) is 10.2. The van der Waals surface area contributed by atoms with Gasteiger partial charge in [-0.2, -0.15) is 0 Å². The predicted octanol–water partition coefficient (Wildman–Crippen LogP) is 1.83. The number of rotatable bonds is 8. The standard InChI is InChI=1S/C11H17ClN2O3S/c1-2-7-17-8-3-5-14-18(15,16)10-4-6-13-11(12)9-10/h4,6,9,14H,2-3,5,7-8H2,1H3. The SMILES string of the molecule is CCCOCCCNS(=O)(=O)c1ccnc(Cl)c1. The highest BCUT2D eigenvalue weighted by molar-refractivity contribution is 7.89. The van der Waals surface area contributed by atoms with Crippen LogP contribution < -0.4 is 4.72 Å². The molecule has 0 radical (unpaired) electrons. The van der Waals surface area contributed by atoms with Crippen molar-refractivity contribution in [2.24, 2.45) is 0 Å². The summed E-state index contributed by atoms with van der Waals surface area (Å²) in [4.78, 5) is 3.86. The molecule has 1 heterocycles. The van der Waals surface area contributed by atoms with Crippen molar-refractivity contribution in [3.63, 3.8) is 0 Å². The van der Waals surface area contributed by atoms with E-state index in [4.69, 9.17) is 16.3 Å². The van der Waals surface area contributed by atoms with Crippen molar-refractivity contribution in [1.29, 1.82) is 0 Å². The van der Waals surface area contributed by atoms with Crippen LogP contribution in [0.1, 0.15) is 19.8 Å². The van der Waals surface area contributed by atoms with Gasteiger partial charge >= 0.3 is 0 Å². The maximum absolute atomic E-state index is 11.8. The van der Waals surface area contributed by atoms with Crippen LogP contribution >= 0.6 is 11.6 Å². The van der Waals surface area contributed by atoms with Gasteiger partial charge in [0.15, 0.2) is 0 Å². The maximum atomic E-state index is 11.8. The molecule has 18 heavy (non-hydrogen) atoms. The molecule has 0 spiro atoms. The zero-order valence-corrected chi connectivity index (χ0v) is 11.8.